The lowest BCUT2D eigenvalue weighted by atomic mass is 9.82. The number of Topliss-reactive ketones (excluding diaryl/α,β-unsaturated/α-hetero) is 2. The van der Waals surface area contributed by atoms with Crippen LogP contribution in [0.3, 0.4) is 0 Å². The highest BCUT2D eigenvalue weighted by Gasteiger charge is 2.46. The van der Waals surface area contributed by atoms with Crippen molar-refractivity contribution in [1.29, 1.82) is 0 Å². The first-order valence-electron chi connectivity index (χ1n) is 7.77. The van der Waals surface area contributed by atoms with Crippen molar-refractivity contribution in [1.82, 2.24) is 4.90 Å². The number of benzene rings is 1. The van der Waals surface area contributed by atoms with E-state index in [-0.39, 0.29) is 36.2 Å². The molecule has 1 aliphatic heterocycles. The van der Waals surface area contributed by atoms with Crippen LogP contribution in [0.15, 0.2) is 18.2 Å². The van der Waals surface area contributed by atoms with E-state index in [1.165, 1.54) is 0 Å². The molecule has 0 N–H and O–H groups in total. The molecule has 1 heterocycles. The summed E-state index contributed by atoms with van der Waals surface area (Å²) >= 11 is 0. The fourth-order valence-electron chi connectivity index (χ4n) is 3.34. The van der Waals surface area contributed by atoms with E-state index in [4.69, 9.17) is 0 Å². The number of rotatable bonds is 1. The van der Waals surface area contributed by atoms with Crippen molar-refractivity contribution in [2.75, 3.05) is 0 Å². The van der Waals surface area contributed by atoms with Gasteiger partial charge in [-0.1, -0.05) is 32.9 Å². The third-order valence-electron chi connectivity index (χ3n) is 4.51. The van der Waals surface area contributed by atoms with Crippen molar-refractivity contribution in [3.63, 3.8) is 0 Å². The first-order chi connectivity index (χ1) is 10.7. The minimum absolute atomic E-state index is 0.127. The lowest BCUT2D eigenvalue weighted by Crippen LogP contribution is -2.47. The van der Waals surface area contributed by atoms with Crippen LogP contribution in [0.5, 0.6) is 0 Å². The number of hydrogen-bond acceptors (Lipinski definition) is 4. The third-order valence-corrected chi connectivity index (χ3v) is 4.51. The van der Waals surface area contributed by atoms with Gasteiger partial charge in [0, 0.05) is 6.42 Å². The van der Waals surface area contributed by atoms with E-state index < -0.39 is 17.9 Å². The summed E-state index contributed by atoms with van der Waals surface area (Å²) in [4.78, 5) is 50.2. The minimum Gasteiger partial charge on any atom is -0.299 e. The molecule has 5 nitrogen and oxygen atoms in total. The van der Waals surface area contributed by atoms with Crippen LogP contribution in [0.2, 0.25) is 0 Å². The van der Waals surface area contributed by atoms with Gasteiger partial charge in [-0.3, -0.25) is 24.1 Å². The highest BCUT2D eigenvalue weighted by Crippen LogP contribution is 2.35. The number of carbonyl (C=O) groups is 4. The fraction of sp³-hybridized carbons (Fsp3) is 0.444. The molecule has 1 aromatic rings. The normalized spacial score (nSPS) is 21.9. The first-order valence-corrected chi connectivity index (χ1v) is 7.77. The summed E-state index contributed by atoms with van der Waals surface area (Å²) in [6.07, 6.45) is 0.272. The molecule has 120 valence electrons. The van der Waals surface area contributed by atoms with E-state index in [0.29, 0.717) is 11.1 Å². The number of imide groups is 1. The lowest BCUT2D eigenvalue weighted by Gasteiger charge is -2.28. The zero-order valence-corrected chi connectivity index (χ0v) is 13.5. The maximum atomic E-state index is 12.9. The van der Waals surface area contributed by atoms with E-state index >= 15 is 0 Å². The van der Waals surface area contributed by atoms with Gasteiger partial charge in [0.15, 0.2) is 5.78 Å². The summed E-state index contributed by atoms with van der Waals surface area (Å²) in [6, 6.07) is 4.43. The van der Waals surface area contributed by atoms with Gasteiger partial charge in [-0.2, -0.15) is 0 Å². The Morgan fingerprint density at radius 2 is 1.74 bits per heavy atom. The Hall–Kier alpha value is -2.30. The highest BCUT2D eigenvalue weighted by atomic mass is 16.2. The molecule has 23 heavy (non-hydrogen) atoms. The molecule has 2 aliphatic rings. The maximum absolute atomic E-state index is 12.9. The number of carbonyl (C=O) groups excluding carboxylic acids is 4. The molecule has 2 amide bonds. The van der Waals surface area contributed by atoms with Crippen LogP contribution in [0, 0.1) is 0 Å². The molecule has 5 heteroatoms. The Morgan fingerprint density at radius 1 is 1.04 bits per heavy atom. The van der Waals surface area contributed by atoms with Gasteiger partial charge in [-0.25, -0.2) is 0 Å². The molecule has 1 atom stereocenters. The molecule has 3 rings (SSSR count). The number of ketones is 2. The van der Waals surface area contributed by atoms with Crippen LogP contribution in [-0.4, -0.2) is 34.3 Å². The van der Waals surface area contributed by atoms with Gasteiger partial charge in [0.2, 0.25) is 0 Å². The molecular formula is C18H19NO4. The van der Waals surface area contributed by atoms with Gasteiger partial charge < -0.3 is 0 Å². The summed E-state index contributed by atoms with van der Waals surface area (Å²) in [6.45, 7) is 5.94. The lowest BCUT2D eigenvalue weighted by molar-refractivity contribution is -0.132. The van der Waals surface area contributed by atoms with Crippen LogP contribution in [0.1, 0.15) is 66.3 Å². The Labute approximate surface area is 134 Å². The number of amides is 2. The van der Waals surface area contributed by atoms with Gasteiger partial charge in [0.05, 0.1) is 23.6 Å². The molecule has 0 bridgehead atoms. The molecule has 1 aromatic carbocycles. The monoisotopic (exact) mass is 313 g/mol. The van der Waals surface area contributed by atoms with Crippen molar-refractivity contribution in [3.8, 4) is 0 Å². The van der Waals surface area contributed by atoms with Crippen LogP contribution in [0.25, 0.3) is 0 Å². The molecule has 0 spiro atoms. The van der Waals surface area contributed by atoms with Gasteiger partial charge >= 0.3 is 0 Å². The van der Waals surface area contributed by atoms with Gasteiger partial charge in [-0.15, -0.1) is 0 Å². The average Bonchev–Trinajstić information content (AvgIpc) is 2.71. The second-order valence-electron chi connectivity index (χ2n) is 7.19. The Morgan fingerprint density at radius 3 is 2.35 bits per heavy atom. The first kappa shape index (κ1) is 15.6. The second-order valence-corrected chi connectivity index (χ2v) is 7.19. The summed E-state index contributed by atoms with van der Waals surface area (Å²) in [7, 11) is 0. The molecule has 0 aromatic heterocycles. The Balaban J connectivity index is 2.05. The number of fused-ring (bicyclic) bond motifs is 1. The standard InChI is InChI=1S/C18H19NO4/c1-18(2,3)12-6-4-5-11-15(12)17(23)19(16(11)22)13-8-7-10(20)9-14(13)21/h4-6,13H,7-9H2,1-3H3. The predicted molar refractivity (Wildman–Crippen MR) is 83.3 cm³/mol. The van der Waals surface area contributed by atoms with Crippen molar-refractivity contribution in [3.05, 3.63) is 34.9 Å². The molecule has 1 unspecified atom stereocenters. The topological polar surface area (TPSA) is 71.5 Å². The van der Waals surface area contributed by atoms with Crippen molar-refractivity contribution < 1.29 is 19.2 Å². The van der Waals surface area contributed by atoms with Crippen molar-refractivity contribution in [2.45, 2.75) is 51.5 Å². The summed E-state index contributed by atoms with van der Waals surface area (Å²) in [5.41, 5.74) is 1.26. The zero-order chi connectivity index (χ0) is 16.9. The van der Waals surface area contributed by atoms with Gasteiger partial charge in [0.1, 0.15) is 5.78 Å². The largest absolute Gasteiger partial charge is 0.299 e. The second kappa shape index (κ2) is 5.11. The summed E-state index contributed by atoms with van der Waals surface area (Å²) in [5.74, 6) is -1.31. The summed E-state index contributed by atoms with van der Waals surface area (Å²) < 4.78 is 0. The minimum atomic E-state index is -0.812. The fourth-order valence-corrected chi connectivity index (χ4v) is 3.34. The maximum Gasteiger partial charge on any atom is 0.262 e. The quantitative estimate of drug-likeness (QED) is 0.589. The van der Waals surface area contributed by atoms with E-state index in [1.807, 2.05) is 26.8 Å². The van der Waals surface area contributed by atoms with E-state index in [1.54, 1.807) is 12.1 Å². The smallest absolute Gasteiger partial charge is 0.262 e. The highest BCUT2D eigenvalue weighted by molar-refractivity contribution is 6.24. The molecular weight excluding hydrogens is 294 g/mol. The average molecular weight is 313 g/mol. The molecule has 0 radical (unpaired) electrons. The van der Waals surface area contributed by atoms with Gasteiger partial charge in [-0.05, 0) is 23.5 Å². The molecule has 0 saturated heterocycles. The zero-order valence-electron chi connectivity index (χ0n) is 13.5. The van der Waals surface area contributed by atoms with Gasteiger partial charge in [0.25, 0.3) is 11.8 Å². The van der Waals surface area contributed by atoms with Crippen LogP contribution in [0.4, 0.5) is 0 Å². The third kappa shape index (κ3) is 2.40. The SMILES string of the molecule is CC(C)(C)c1cccc2c1C(=O)N(C1CCC(=O)CC1=O)C2=O. The van der Waals surface area contributed by atoms with Crippen LogP contribution < -0.4 is 0 Å². The van der Waals surface area contributed by atoms with Crippen molar-refractivity contribution in [2.24, 2.45) is 0 Å². The molecule has 1 aliphatic carbocycles. The number of hydrogen-bond donors (Lipinski definition) is 0. The molecule has 1 saturated carbocycles. The van der Waals surface area contributed by atoms with Crippen molar-refractivity contribution >= 4 is 23.4 Å². The number of nitrogens with zero attached hydrogens (tertiary/aromatic N) is 1. The molecule has 1 fully saturated rings. The van der Waals surface area contributed by atoms with Crippen LogP contribution in [-0.2, 0) is 15.0 Å². The van der Waals surface area contributed by atoms with Crippen LogP contribution >= 0.6 is 0 Å². The predicted octanol–water partition coefficient (Wildman–Crippen LogP) is 2.27. The summed E-state index contributed by atoms with van der Waals surface area (Å²) in [5, 5.41) is 0. The van der Waals surface area contributed by atoms with E-state index in [0.717, 1.165) is 10.5 Å². The van der Waals surface area contributed by atoms with E-state index in [9.17, 15) is 19.2 Å². The Bertz CT molecular complexity index is 742. The van der Waals surface area contributed by atoms with E-state index in [2.05, 4.69) is 0 Å². The Kier molecular flexibility index (Phi) is 3.47.